The predicted molar refractivity (Wildman–Crippen MR) is 77.0 cm³/mol. The van der Waals surface area contributed by atoms with Gasteiger partial charge in [0.25, 0.3) is 0 Å². The minimum absolute atomic E-state index is 0.218. The number of aryl methyl sites for hydroxylation is 1. The molecular weight excluding hydrogens is 236 g/mol. The van der Waals surface area contributed by atoms with Crippen molar-refractivity contribution in [2.45, 2.75) is 26.4 Å². The van der Waals surface area contributed by atoms with E-state index in [1.807, 2.05) is 25.3 Å². The van der Waals surface area contributed by atoms with E-state index in [0.29, 0.717) is 0 Å². The SMILES string of the molecule is Cc1ccc(C(C)NCc2ccc3[nH]ccc3c2)o1. The van der Waals surface area contributed by atoms with Crippen LogP contribution in [0.15, 0.2) is 47.0 Å². The number of hydrogen-bond acceptors (Lipinski definition) is 2. The molecule has 0 radical (unpaired) electrons. The maximum Gasteiger partial charge on any atom is 0.120 e. The Morgan fingerprint density at radius 3 is 2.89 bits per heavy atom. The van der Waals surface area contributed by atoms with Crippen molar-refractivity contribution in [1.82, 2.24) is 10.3 Å². The highest BCUT2D eigenvalue weighted by Gasteiger charge is 2.08. The van der Waals surface area contributed by atoms with Crippen LogP contribution >= 0.6 is 0 Å². The van der Waals surface area contributed by atoms with Crippen LogP contribution in [0.2, 0.25) is 0 Å². The molecule has 3 rings (SSSR count). The zero-order chi connectivity index (χ0) is 13.2. The second-order valence-corrected chi connectivity index (χ2v) is 4.95. The number of furan rings is 1. The third-order valence-corrected chi connectivity index (χ3v) is 3.42. The Morgan fingerprint density at radius 1 is 1.21 bits per heavy atom. The standard InChI is InChI=1S/C16H18N2O/c1-11-3-6-16(19-11)12(2)18-10-13-4-5-15-14(9-13)7-8-17-15/h3-9,12,17-18H,10H2,1-2H3. The smallest absolute Gasteiger partial charge is 0.120 e. The summed E-state index contributed by atoms with van der Waals surface area (Å²) in [5, 5.41) is 4.73. The van der Waals surface area contributed by atoms with Gasteiger partial charge in [-0.25, -0.2) is 0 Å². The lowest BCUT2D eigenvalue weighted by molar-refractivity contribution is 0.416. The molecule has 0 aliphatic carbocycles. The van der Waals surface area contributed by atoms with Crippen molar-refractivity contribution in [1.29, 1.82) is 0 Å². The summed E-state index contributed by atoms with van der Waals surface area (Å²) in [4.78, 5) is 3.20. The highest BCUT2D eigenvalue weighted by molar-refractivity contribution is 5.79. The Bertz CT molecular complexity index is 681. The molecule has 1 unspecified atom stereocenters. The largest absolute Gasteiger partial charge is 0.465 e. The summed E-state index contributed by atoms with van der Waals surface area (Å²) < 4.78 is 5.62. The van der Waals surface area contributed by atoms with E-state index >= 15 is 0 Å². The number of hydrogen-bond donors (Lipinski definition) is 2. The molecule has 0 fully saturated rings. The van der Waals surface area contributed by atoms with Gasteiger partial charge in [0, 0.05) is 18.3 Å². The first kappa shape index (κ1) is 12.1. The molecule has 2 heterocycles. The molecule has 0 aliphatic heterocycles. The van der Waals surface area contributed by atoms with E-state index in [-0.39, 0.29) is 6.04 Å². The zero-order valence-corrected chi connectivity index (χ0v) is 11.2. The van der Waals surface area contributed by atoms with Crippen LogP contribution in [0.25, 0.3) is 10.9 Å². The maximum atomic E-state index is 5.62. The Balaban J connectivity index is 1.68. The minimum Gasteiger partial charge on any atom is -0.465 e. The first-order valence-corrected chi connectivity index (χ1v) is 6.58. The van der Waals surface area contributed by atoms with E-state index < -0.39 is 0 Å². The number of H-pyrrole nitrogens is 1. The fraction of sp³-hybridized carbons (Fsp3) is 0.250. The molecule has 0 bridgehead atoms. The van der Waals surface area contributed by atoms with Crippen molar-refractivity contribution >= 4 is 10.9 Å². The van der Waals surface area contributed by atoms with Gasteiger partial charge in [-0.3, -0.25) is 0 Å². The average molecular weight is 254 g/mol. The van der Waals surface area contributed by atoms with E-state index in [4.69, 9.17) is 4.42 Å². The van der Waals surface area contributed by atoms with Crippen LogP contribution in [0.1, 0.15) is 30.0 Å². The summed E-state index contributed by atoms with van der Waals surface area (Å²) in [5.74, 6) is 1.94. The van der Waals surface area contributed by atoms with Gasteiger partial charge >= 0.3 is 0 Å². The molecule has 98 valence electrons. The Labute approximate surface area is 112 Å². The third kappa shape index (κ3) is 2.56. The summed E-state index contributed by atoms with van der Waals surface area (Å²) in [5.41, 5.74) is 2.46. The molecule has 19 heavy (non-hydrogen) atoms. The fourth-order valence-corrected chi connectivity index (χ4v) is 2.27. The van der Waals surface area contributed by atoms with E-state index in [9.17, 15) is 0 Å². The molecule has 2 aromatic heterocycles. The van der Waals surface area contributed by atoms with Crippen LogP contribution in [0, 0.1) is 6.92 Å². The van der Waals surface area contributed by atoms with Crippen molar-refractivity contribution in [3.63, 3.8) is 0 Å². The molecule has 3 heteroatoms. The normalized spacial score (nSPS) is 12.9. The van der Waals surface area contributed by atoms with E-state index in [0.717, 1.165) is 18.1 Å². The van der Waals surface area contributed by atoms with Crippen LogP contribution in [-0.4, -0.2) is 4.98 Å². The molecule has 1 atom stereocenters. The highest BCUT2D eigenvalue weighted by Crippen LogP contribution is 2.18. The molecule has 0 aliphatic rings. The third-order valence-electron chi connectivity index (χ3n) is 3.42. The highest BCUT2D eigenvalue weighted by atomic mass is 16.3. The van der Waals surface area contributed by atoms with Gasteiger partial charge in [-0.05, 0) is 55.1 Å². The van der Waals surface area contributed by atoms with Crippen molar-refractivity contribution in [3.05, 3.63) is 59.7 Å². The van der Waals surface area contributed by atoms with Gasteiger partial charge in [0.15, 0.2) is 0 Å². The number of nitrogens with one attached hydrogen (secondary N) is 2. The first-order chi connectivity index (χ1) is 9.22. The molecule has 3 aromatic rings. The average Bonchev–Trinajstić information content (AvgIpc) is 3.03. The van der Waals surface area contributed by atoms with Crippen LogP contribution in [-0.2, 0) is 6.54 Å². The van der Waals surface area contributed by atoms with E-state index in [1.165, 1.54) is 16.5 Å². The summed E-state index contributed by atoms with van der Waals surface area (Å²) in [6.07, 6.45) is 1.97. The molecule has 0 amide bonds. The molecular formula is C16H18N2O. The maximum absolute atomic E-state index is 5.62. The molecule has 0 saturated heterocycles. The van der Waals surface area contributed by atoms with Crippen molar-refractivity contribution in [2.75, 3.05) is 0 Å². The zero-order valence-electron chi connectivity index (χ0n) is 11.2. The first-order valence-electron chi connectivity index (χ1n) is 6.58. The molecule has 1 aromatic carbocycles. The van der Waals surface area contributed by atoms with Crippen LogP contribution in [0.3, 0.4) is 0 Å². The van der Waals surface area contributed by atoms with Gasteiger partial charge in [0.1, 0.15) is 11.5 Å². The van der Waals surface area contributed by atoms with Gasteiger partial charge in [-0.15, -0.1) is 0 Å². The minimum atomic E-state index is 0.218. The summed E-state index contributed by atoms with van der Waals surface area (Å²) in [6.45, 7) is 4.92. The van der Waals surface area contributed by atoms with Crippen LogP contribution in [0.5, 0.6) is 0 Å². The molecule has 3 nitrogen and oxygen atoms in total. The van der Waals surface area contributed by atoms with Crippen LogP contribution in [0.4, 0.5) is 0 Å². The van der Waals surface area contributed by atoms with Crippen LogP contribution < -0.4 is 5.32 Å². The van der Waals surface area contributed by atoms with Gasteiger partial charge in [-0.2, -0.15) is 0 Å². The van der Waals surface area contributed by atoms with E-state index in [2.05, 4.69) is 41.5 Å². The number of aromatic amines is 1. The summed E-state index contributed by atoms with van der Waals surface area (Å²) >= 11 is 0. The molecule has 0 spiro atoms. The molecule has 0 saturated carbocycles. The second-order valence-electron chi connectivity index (χ2n) is 4.95. The lowest BCUT2D eigenvalue weighted by atomic mass is 10.1. The van der Waals surface area contributed by atoms with E-state index in [1.54, 1.807) is 0 Å². The monoisotopic (exact) mass is 254 g/mol. The van der Waals surface area contributed by atoms with Gasteiger partial charge in [-0.1, -0.05) is 6.07 Å². The second kappa shape index (κ2) is 4.94. The fourth-order valence-electron chi connectivity index (χ4n) is 2.27. The van der Waals surface area contributed by atoms with Gasteiger partial charge in [0.2, 0.25) is 0 Å². The Hall–Kier alpha value is -2.00. The predicted octanol–water partition coefficient (Wildman–Crippen LogP) is 3.92. The lowest BCUT2D eigenvalue weighted by Crippen LogP contribution is -2.17. The van der Waals surface area contributed by atoms with Crippen molar-refractivity contribution < 1.29 is 4.42 Å². The van der Waals surface area contributed by atoms with Gasteiger partial charge < -0.3 is 14.7 Å². The van der Waals surface area contributed by atoms with Gasteiger partial charge in [0.05, 0.1) is 6.04 Å². The Kier molecular flexibility index (Phi) is 3.13. The number of benzene rings is 1. The number of aromatic nitrogens is 1. The van der Waals surface area contributed by atoms with Crippen molar-refractivity contribution in [3.8, 4) is 0 Å². The number of fused-ring (bicyclic) bond motifs is 1. The number of rotatable bonds is 4. The molecule has 2 N–H and O–H groups in total. The Morgan fingerprint density at radius 2 is 2.11 bits per heavy atom. The summed E-state index contributed by atoms with van der Waals surface area (Å²) in [6, 6.07) is 12.8. The topological polar surface area (TPSA) is 41.0 Å². The summed E-state index contributed by atoms with van der Waals surface area (Å²) in [7, 11) is 0. The quantitative estimate of drug-likeness (QED) is 0.741. The lowest BCUT2D eigenvalue weighted by Gasteiger charge is -2.11. The van der Waals surface area contributed by atoms with Crippen molar-refractivity contribution in [2.24, 2.45) is 0 Å².